The summed E-state index contributed by atoms with van der Waals surface area (Å²) in [6.45, 7) is 3.61. The molecule has 2 saturated carbocycles. The molecule has 0 unspecified atom stereocenters. The fourth-order valence-electron chi connectivity index (χ4n) is 8.38. The minimum atomic E-state index is -3.66. The van der Waals surface area contributed by atoms with Crippen LogP contribution in [0.15, 0.2) is 65.6 Å². The van der Waals surface area contributed by atoms with Gasteiger partial charge in [-0.05, 0) is 79.0 Å². The van der Waals surface area contributed by atoms with Gasteiger partial charge in [-0.3, -0.25) is 4.79 Å². The largest absolute Gasteiger partial charge is 0.497 e. The Balaban J connectivity index is 1.53. The van der Waals surface area contributed by atoms with Crippen molar-refractivity contribution in [3.05, 3.63) is 71.8 Å². The number of methoxy groups -OCH3 is 1. The maximum absolute atomic E-state index is 14.3. The summed E-state index contributed by atoms with van der Waals surface area (Å²) in [5, 5.41) is -0.639. The van der Waals surface area contributed by atoms with Gasteiger partial charge in [0.15, 0.2) is 9.84 Å². The lowest BCUT2D eigenvalue weighted by molar-refractivity contribution is -0.168. The van der Waals surface area contributed by atoms with Crippen LogP contribution in [0.5, 0.6) is 5.75 Å². The van der Waals surface area contributed by atoms with Crippen molar-refractivity contribution in [1.82, 2.24) is 0 Å². The molecule has 0 spiro atoms. The minimum absolute atomic E-state index is 0.154. The average Bonchev–Trinajstić information content (AvgIpc) is 3.24. The van der Waals surface area contributed by atoms with Crippen LogP contribution in [-0.4, -0.2) is 32.3 Å². The number of rotatable bonds is 4. The molecule has 184 valence electrons. The van der Waals surface area contributed by atoms with Gasteiger partial charge in [0.2, 0.25) is 0 Å². The van der Waals surface area contributed by atoms with E-state index >= 15 is 0 Å². The van der Waals surface area contributed by atoms with Crippen LogP contribution in [0.2, 0.25) is 0 Å². The number of fused-ring (bicyclic) bond motifs is 3. The molecule has 0 saturated heterocycles. The Labute approximate surface area is 207 Å². The fourth-order valence-corrected chi connectivity index (χ4v) is 10.7. The van der Waals surface area contributed by atoms with Gasteiger partial charge < -0.3 is 9.47 Å². The molecule has 4 aliphatic carbocycles. The van der Waals surface area contributed by atoms with Crippen molar-refractivity contribution in [2.45, 2.75) is 67.6 Å². The van der Waals surface area contributed by atoms with Crippen LogP contribution in [0.1, 0.15) is 56.6 Å². The number of esters is 1. The number of benzene rings is 2. The number of allylic oxidation sites excluding steroid dienone is 1. The zero-order valence-electron chi connectivity index (χ0n) is 20.5. The topological polar surface area (TPSA) is 69.7 Å². The summed E-state index contributed by atoms with van der Waals surface area (Å²) < 4.78 is 40.1. The number of hydrogen-bond donors (Lipinski definition) is 0. The van der Waals surface area contributed by atoms with Crippen molar-refractivity contribution in [3.8, 4) is 5.75 Å². The van der Waals surface area contributed by atoms with Gasteiger partial charge in [-0.1, -0.05) is 37.3 Å². The van der Waals surface area contributed by atoms with Crippen LogP contribution >= 0.6 is 0 Å². The molecule has 6 heteroatoms. The van der Waals surface area contributed by atoms with Gasteiger partial charge in [-0.25, -0.2) is 8.42 Å². The lowest BCUT2D eigenvalue weighted by atomic mass is 9.48. The first-order chi connectivity index (χ1) is 16.7. The van der Waals surface area contributed by atoms with Gasteiger partial charge in [0, 0.05) is 24.2 Å². The van der Waals surface area contributed by atoms with E-state index in [1.54, 1.807) is 31.4 Å². The first-order valence-corrected chi connectivity index (χ1v) is 14.1. The van der Waals surface area contributed by atoms with E-state index in [0.29, 0.717) is 11.3 Å². The predicted octanol–water partition coefficient (Wildman–Crippen LogP) is 5.25. The molecule has 0 aliphatic heterocycles. The molecule has 2 bridgehead atoms. The number of sulfone groups is 1. The Bertz CT molecular complexity index is 1330. The summed E-state index contributed by atoms with van der Waals surface area (Å²) in [7, 11) is -1.97. The highest BCUT2D eigenvalue weighted by Crippen LogP contribution is 2.77. The highest BCUT2D eigenvalue weighted by Gasteiger charge is 2.79. The van der Waals surface area contributed by atoms with Gasteiger partial charge in [0.05, 0.1) is 17.3 Å². The summed E-state index contributed by atoms with van der Waals surface area (Å²) in [6.07, 6.45) is 8.05. The normalized spacial score (nSPS) is 36.7. The van der Waals surface area contributed by atoms with Gasteiger partial charge >= 0.3 is 5.97 Å². The van der Waals surface area contributed by atoms with Gasteiger partial charge in [-0.15, -0.1) is 0 Å². The summed E-state index contributed by atoms with van der Waals surface area (Å²) in [5.41, 5.74) is 0.663. The molecule has 6 rings (SSSR count). The van der Waals surface area contributed by atoms with E-state index in [1.807, 2.05) is 18.2 Å². The molecule has 0 radical (unpaired) electrons. The van der Waals surface area contributed by atoms with Crippen LogP contribution in [0.25, 0.3) is 0 Å². The molecule has 6 atom stereocenters. The second-order valence-corrected chi connectivity index (χ2v) is 13.1. The first kappa shape index (κ1) is 22.8. The van der Waals surface area contributed by atoms with Gasteiger partial charge in [-0.2, -0.15) is 0 Å². The van der Waals surface area contributed by atoms with E-state index in [-0.39, 0.29) is 17.8 Å². The summed E-state index contributed by atoms with van der Waals surface area (Å²) in [6, 6.07) is 15.1. The maximum atomic E-state index is 14.3. The molecule has 0 N–H and O–H groups in total. The summed E-state index contributed by atoms with van der Waals surface area (Å²) >= 11 is 0. The number of aryl methyl sites for hydroxylation is 1. The zero-order valence-corrected chi connectivity index (χ0v) is 21.3. The Kier molecular flexibility index (Phi) is 4.86. The lowest BCUT2D eigenvalue weighted by Crippen LogP contribution is -2.56. The molecule has 5 nitrogen and oxygen atoms in total. The van der Waals surface area contributed by atoms with Crippen molar-refractivity contribution < 1.29 is 22.7 Å². The molecule has 0 amide bonds. The highest BCUT2D eigenvalue weighted by molar-refractivity contribution is 7.92. The Hall–Kier alpha value is -2.60. The van der Waals surface area contributed by atoms with Crippen LogP contribution in [-0.2, 0) is 25.8 Å². The minimum Gasteiger partial charge on any atom is -0.497 e. The van der Waals surface area contributed by atoms with E-state index in [9.17, 15) is 13.2 Å². The third kappa shape index (κ3) is 2.80. The second kappa shape index (κ2) is 7.45. The fraction of sp³-hybridized carbons (Fsp3) is 0.483. The van der Waals surface area contributed by atoms with E-state index in [2.05, 4.69) is 25.1 Å². The molecule has 35 heavy (non-hydrogen) atoms. The number of carbonyl (C=O) groups excluding carboxylic acids is 1. The van der Waals surface area contributed by atoms with Gasteiger partial charge in [0.1, 0.15) is 11.4 Å². The van der Waals surface area contributed by atoms with E-state index in [0.717, 1.165) is 31.4 Å². The zero-order chi connectivity index (χ0) is 24.6. The third-order valence-electron chi connectivity index (χ3n) is 9.84. The van der Waals surface area contributed by atoms with Gasteiger partial charge in [0.25, 0.3) is 0 Å². The quantitative estimate of drug-likeness (QED) is 0.431. The molecule has 2 aromatic rings. The monoisotopic (exact) mass is 492 g/mol. The lowest BCUT2D eigenvalue weighted by Gasteiger charge is -2.57. The van der Waals surface area contributed by atoms with Crippen molar-refractivity contribution in [2.75, 3.05) is 7.11 Å². The third-order valence-corrected chi connectivity index (χ3v) is 12.1. The Morgan fingerprint density at radius 2 is 1.83 bits per heavy atom. The molecule has 2 aromatic carbocycles. The highest BCUT2D eigenvalue weighted by atomic mass is 32.2. The maximum Gasteiger partial charge on any atom is 0.303 e. The van der Waals surface area contributed by atoms with Crippen molar-refractivity contribution in [3.63, 3.8) is 0 Å². The second-order valence-electron chi connectivity index (χ2n) is 11.0. The predicted molar refractivity (Wildman–Crippen MR) is 133 cm³/mol. The van der Waals surface area contributed by atoms with E-state index in [1.165, 1.54) is 18.1 Å². The molecular weight excluding hydrogens is 460 g/mol. The standard InChI is InChI=1S/C29H32O5S/c1-19(30)34-28-15-16-29(26(18-28)35(31,32)22-7-5-4-6-8-22)25-12-9-20-17-21(33-3)10-11-23(20)24(25)13-14-27(28,29)2/h4-8,10-11,15-17,24-26H,9,12-14,18H2,1-3H3/t24-,25+,26+,27-,28-,29-/m1/s1. The Morgan fingerprint density at radius 3 is 2.54 bits per heavy atom. The number of ether oxygens (including phenoxy) is 2. The van der Waals surface area contributed by atoms with Crippen LogP contribution in [0.4, 0.5) is 0 Å². The van der Waals surface area contributed by atoms with E-state index < -0.39 is 31.5 Å². The molecule has 0 heterocycles. The van der Waals surface area contributed by atoms with Crippen molar-refractivity contribution >= 4 is 15.8 Å². The molecule has 2 fully saturated rings. The average molecular weight is 493 g/mol. The summed E-state index contributed by atoms with van der Waals surface area (Å²) in [5.74, 6) is 0.928. The Morgan fingerprint density at radius 1 is 1.06 bits per heavy atom. The summed E-state index contributed by atoms with van der Waals surface area (Å²) in [4.78, 5) is 12.7. The molecular formula is C29H32O5S. The SMILES string of the molecule is COc1ccc2c(c1)CC[C@H]1[C@@H]2CC[C@@]2(C)[C@]13C=C[C@@]2(OC(C)=O)C[C@@H]3S(=O)(=O)c1ccccc1. The molecule has 4 aliphatic rings. The number of hydrogen-bond acceptors (Lipinski definition) is 5. The number of carbonyl (C=O) groups is 1. The van der Waals surface area contributed by atoms with Crippen molar-refractivity contribution in [1.29, 1.82) is 0 Å². The van der Waals surface area contributed by atoms with Crippen molar-refractivity contribution in [2.24, 2.45) is 16.7 Å². The van der Waals surface area contributed by atoms with Crippen LogP contribution in [0, 0.1) is 16.7 Å². The smallest absolute Gasteiger partial charge is 0.303 e. The van der Waals surface area contributed by atoms with Crippen LogP contribution in [0.3, 0.4) is 0 Å². The van der Waals surface area contributed by atoms with E-state index in [4.69, 9.17) is 9.47 Å². The first-order valence-electron chi connectivity index (χ1n) is 12.5. The van der Waals surface area contributed by atoms with Crippen LogP contribution < -0.4 is 4.74 Å². The molecule has 0 aromatic heterocycles.